The fourth-order valence-corrected chi connectivity index (χ4v) is 3.55. The molecule has 7 heteroatoms. The number of halogens is 4. The monoisotopic (exact) mass is 370 g/mol. The van der Waals surface area contributed by atoms with Gasteiger partial charge in [-0.05, 0) is 56.9 Å². The lowest BCUT2D eigenvalue weighted by Gasteiger charge is -2.30. The van der Waals surface area contributed by atoms with Crippen LogP contribution in [0.1, 0.15) is 43.1 Å². The van der Waals surface area contributed by atoms with Crippen molar-refractivity contribution in [3.63, 3.8) is 0 Å². The molecule has 0 aliphatic heterocycles. The highest BCUT2D eigenvalue weighted by Crippen LogP contribution is 2.42. The van der Waals surface area contributed by atoms with Gasteiger partial charge in [0.1, 0.15) is 5.82 Å². The van der Waals surface area contributed by atoms with Crippen molar-refractivity contribution >= 4 is 11.6 Å². The summed E-state index contributed by atoms with van der Waals surface area (Å²) in [6.07, 6.45) is -3.28. The van der Waals surface area contributed by atoms with Crippen LogP contribution in [0.3, 0.4) is 0 Å². The van der Waals surface area contributed by atoms with Crippen molar-refractivity contribution in [1.29, 1.82) is 0 Å². The van der Waals surface area contributed by atoms with E-state index in [1.807, 2.05) is 0 Å². The molecule has 0 amide bonds. The summed E-state index contributed by atoms with van der Waals surface area (Å²) in [6.45, 7) is 1.72. The maximum atomic E-state index is 12.9. The van der Waals surface area contributed by atoms with Crippen molar-refractivity contribution in [3.8, 4) is 5.69 Å². The average molecular weight is 371 g/mol. The van der Waals surface area contributed by atoms with Crippen LogP contribution in [-0.2, 0) is 0 Å². The molecule has 1 heterocycles. The molecule has 0 unspecified atom stereocenters. The zero-order chi connectivity index (χ0) is 18.2. The fraction of sp³-hybridized carbons (Fsp3) is 0.444. The predicted molar refractivity (Wildman–Crippen MR) is 90.3 cm³/mol. The number of alkyl halides is 3. The molecule has 25 heavy (non-hydrogen) atoms. The van der Waals surface area contributed by atoms with E-state index in [2.05, 4.69) is 4.98 Å². The van der Waals surface area contributed by atoms with Gasteiger partial charge in [0.2, 0.25) is 0 Å². The molecule has 134 valence electrons. The molecule has 2 aromatic rings. The normalized spacial score (nSPS) is 21.3. The van der Waals surface area contributed by atoms with Crippen LogP contribution in [0.4, 0.5) is 13.2 Å². The second-order valence-electron chi connectivity index (χ2n) is 6.50. The molecule has 3 rings (SSSR count). The van der Waals surface area contributed by atoms with E-state index in [0.29, 0.717) is 35.1 Å². The lowest BCUT2D eigenvalue weighted by molar-refractivity contribution is -0.182. The SMILES string of the molecule is Cc1cc(=O)n(-c2ccc(Cl)cc2)c(C2CCC(C(F)(F)F)CC2)n1. The van der Waals surface area contributed by atoms with E-state index in [9.17, 15) is 18.0 Å². The molecule has 0 spiro atoms. The molecule has 1 aromatic heterocycles. The first-order valence-corrected chi connectivity index (χ1v) is 8.57. The van der Waals surface area contributed by atoms with Crippen LogP contribution >= 0.6 is 11.6 Å². The highest BCUT2D eigenvalue weighted by Gasteiger charge is 2.42. The lowest BCUT2D eigenvalue weighted by atomic mass is 9.81. The van der Waals surface area contributed by atoms with E-state index < -0.39 is 12.1 Å². The third kappa shape index (κ3) is 3.89. The first-order chi connectivity index (χ1) is 11.8. The summed E-state index contributed by atoms with van der Waals surface area (Å²) >= 11 is 5.90. The molecule has 1 aromatic carbocycles. The first kappa shape index (κ1) is 18.0. The smallest absolute Gasteiger partial charge is 0.269 e. The fourth-order valence-electron chi connectivity index (χ4n) is 3.42. The Morgan fingerprint density at radius 1 is 1.12 bits per heavy atom. The van der Waals surface area contributed by atoms with Crippen LogP contribution in [0, 0.1) is 12.8 Å². The Hall–Kier alpha value is -1.82. The molecule has 3 nitrogen and oxygen atoms in total. The summed E-state index contributed by atoms with van der Waals surface area (Å²) in [4.78, 5) is 17.0. The molecular weight excluding hydrogens is 353 g/mol. The van der Waals surface area contributed by atoms with E-state index in [-0.39, 0.29) is 24.3 Å². The van der Waals surface area contributed by atoms with Gasteiger partial charge in [0, 0.05) is 22.7 Å². The van der Waals surface area contributed by atoms with Gasteiger partial charge < -0.3 is 0 Å². The Morgan fingerprint density at radius 3 is 2.28 bits per heavy atom. The topological polar surface area (TPSA) is 34.9 Å². The Labute approximate surface area is 148 Å². The summed E-state index contributed by atoms with van der Waals surface area (Å²) in [6, 6.07) is 8.21. The Morgan fingerprint density at radius 2 is 1.72 bits per heavy atom. The largest absolute Gasteiger partial charge is 0.391 e. The highest BCUT2D eigenvalue weighted by atomic mass is 35.5. The van der Waals surface area contributed by atoms with Gasteiger partial charge in [-0.1, -0.05) is 11.6 Å². The summed E-state index contributed by atoms with van der Waals surface area (Å²) in [5.74, 6) is -0.890. The number of aryl methyl sites for hydroxylation is 1. The Balaban J connectivity index is 1.97. The van der Waals surface area contributed by atoms with Gasteiger partial charge in [-0.3, -0.25) is 9.36 Å². The second kappa shape index (κ2) is 6.83. The van der Waals surface area contributed by atoms with Gasteiger partial charge in [0.05, 0.1) is 11.6 Å². The van der Waals surface area contributed by atoms with Crippen molar-refractivity contribution in [2.45, 2.75) is 44.7 Å². The van der Waals surface area contributed by atoms with Crippen LogP contribution < -0.4 is 5.56 Å². The number of hydrogen-bond donors (Lipinski definition) is 0. The van der Waals surface area contributed by atoms with Crippen molar-refractivity contribution in [1.82, 2.24) is 9.55 Å². The number of aromatic nitrogens is 2. The standard InChI is InChI=1S/C18H18ClF3N2O/c1-11-10-16(25)24(15-8-6-14(19)7-9-15)17(23-11)12-2-4-13(5-3-12)18(20,21)22/h6-10,12-13H,2-5H2,1H3. The van der Waals surface area contributed by atoms with E-state index in [4.69, 9.17) is 11.6 Å². The molecule has 0 N–H and O–H groups in total. The Bertz CT molecular complexity index is 807. The van der Waals surface area contributed by atoms with Gasteiger partial charge in [-0.15, -0.1) is 0 Å². The minimum atomic E-state index is -4.15. The van der Waals surface area contributed by atoms with Gasteiger partial charge in [-0.25, -0.2) is 4.98 Å². The third-order valence-electron chi connectivity index (χ3n) is 4.71. The summed E-state index contributed by atoms with van der Waals surface area (Å²) in [7, 11) is 0. The summed E-state index contributed by atoms with van der Waals surface area (Å²) in [5.41, 5.74) is 0.959. The number of rotatable bonds is 2. The molecule has 0 radical (unpaired) electrons. The van der Waals surface area contributed by atoms with Crippen LogP contribution in [-0.4, -0.2) is 15.7 Å². The van der Waals surface area contributed by atoms with Gasteiger partial charge in [0.15, 0.2) is 0 Å². The minimum absolute atomic E-state index is 0.0681. The minimum Gasteiger partial charge on any atom is -0.269 e. The average Bonchev–Trinajstić information content (AvgIpc) is 2.55. The number of hydrogen-bond acceptors (Lipinski definition) is 2. The van der Waals surface area contributed by atoms with Crippen LogP contribution in [0.25, 0.3) is 5.69 Å². The maximum Gasteiger partial charge on any atom is 0.391 e. The van der Waals surface area contributed by atoms with E-state index in [1.54, 1.807) is 31.2 Å². The van der Waals surface area contributed by atoms with Crippen LogP contribution in [0.2, 0.25) is 5.02 Å². The molecule has 0 saturated heterocycles. The molecule has 1 aliphatic rings. The summed E-state index contributed by atoms with van der Waals surface area (Å²) < 4.78 is 40.2. The molecular formula is C18H18ClF3N2O. The van der Waals surface area contributed by atoms with Crippen molar-refractivity contribution < 1.29 is 13.2 Å². The zero-order valence-corrected chi connectivity index (χ0v) is 14.4. The van der Waals surface area contributed by atoms with Crippen molar-refractivity contribution in [3.05, 3.63) is 57.2 Å². The van der Waals surface area contributed by atoms with Gasteiger partial charge in [-0.2, -0.15) is 13.2 Å². The number of nitrogens with zero attached hydrogens (tertiary/aromatic N) is 2. The molecule has 1 aliphatic carbocycles. The van der Waals surface area contributed by atoms with Crippen LogP contribution in [0.15, 0.2) is 35.1 Å². The maximum absolute atomic E-state index is 12.9. The van der Waals surface area contributed by atoms with Gasteiger partial charge >= 0.3 is 6.18 Å². The third-order valence-corrected chi connectivity index (χ3v) is 4.96. The first-order valence-electron chi connectivity index (χ1n) is 8.19. The summed E-state index contributed by atoms with van der Waals surface area (Å²) in [5, 5.41) is 0.545. The highest BCUT2D eigenvalue weighted by molar-refractivity contribution is 6.30. The van der Waals surface area contributed by atoms with Crippen molar-refractivity contribution in [2.75, 3.05) is 0 Å². The predicted octanol–water partition coefficient (Wildman–Crippen LogP) is 5.03. The quantitative estimate of drug-likeness (QED) is 0.743. The lowest BCUT2D eigenvalue weighted by Crippen LogP contribution is -2.30. The van der Waals surface area contributed by atoms with Crippen LogP contribution in [0.5, 0.6) is 0 Å². The van der Waals surface area contributed by atoms with E-state index >= 15 is 0 Å². The number of benzene rings is 1. The molecule has 0 bridgehead atoms. The molecule has 1 saturated carbocycles. The molecule has 0 atom stereocenters. The van der Waals surface area contributed by atoms with E-state index in [0.717, 1.165) is 0 Å². The van der Waals surface area contributed by atoms with Gasteiger partial charge in [0.25, 0.3) is 5.56 Å². The van der Waals surface area contributed by atoms with E-state index in [1.165, 1.54) is 10.6 Å². The van der Waals surface area contributed by atoms with Crippen molar-refractivity contribution in [2.24, 2.45) is 5.92 Å². The second-order valence-corrected chi connectivity index (χ2v) is 6.93. The Kier molecular flexibility index (Phi) is 4.91. The molecule has 1 fully saturated rings. The zero-order valence-electron chi connectivity index (χ0n) is 13.7.